The van der Waals surface area contributed by atoms with Gasteiger partial charge in [-0.2, -0.15) is 5.10 Å². The van der Waals surface area contributed by atoms with Crippen LogP contribution in [0.25, 0.3) is 0 Å². The van der Waals surface area contributed by atoms with E-state index >= 15 is 0 Å². The van der Waals surface area contributed by atoms with Crippen molar-refractivity contribution in [3.63, 3.8) is 0 Å². The molecule has 0 aliphatic carbocycles. The summed E-state index contributed by atoms with van der Waals surface area (Å²) in [4.78, 5) is 18.8. The van der Waals surface area contributed by atoms with E-state index in [1.54, 1.807) is 11.0 Å². The molecule has 1 amide bonds. The lowest BCUT2D eigenvalue weighted by Gasteiger charge is -2.23. The van der Waals surface area contributed by atoms with Gasteiger partial charge < -0.3 is 4.90 Å². The molecule has 0 aliphatic rings. The molecule has 1 heterocycles. The number of unbranched alkanes of at least 4 members (excludes halogenated alkanes) is 1. The van der Waals surface area contributed by atoms with Crippen molar-refractivity contribution in [1.82, 2.24) is 14.8 Å². The van der Waals surface area contributed by atoms with Crippen molar-refractivity contribution in [2.75, 3.05) is 11.4 Å². The van der Waals surface area contributed by atoms with Crippen molar-refractivity contribution in [2.24, 2.45) is 0 Å². The summed E-state index contributed by atoms with van der Waals surface area (Å²) in [5.74, 6) is 0.0342. The van der Waals surface area contributed by atoms with E-state index in [1.807, 2.05) is 59.5 Å². The molecule has 0 spiro atoms. The first-order valence-corrected chi connectivity index (χ1v) is 8.56. The van der Waals surface area contributed by atoms with Crippen LogP contribution in [0.4, 0.5) is 5.69 Å². The van der Waals surface area contributed by atoms with Gasteiger partial charge in [-0.1, -0.05) is 43.7 Å². The third kappa shape index (κ3) is 4.32. The first kappa shape index (κ1) is 16.9. The van der Waals surface area contributed by atoms with Gasteiger partial charge in [0.15, 0.2) is 0 Å². The normalized spacial score (nSPS) is 10.6. The van der Waals surface area contributed by atoms with Crippen molar-refractivity contribution in [3.8, 4) is 0 Å². The van der Waals surface area contributed by atoms with Crippen molar-refractivity contribution in [2.45, 2.75) is 26.3 Å². The van der Waals surface area contributed by atoms with Crippen LogP contribution in [0.5, 0.6) is 0 Å². The second-order valence-electron chi connectivity index (χ2n) is 5.94. The molecule has 0 saturated heterocycles. The lowest BCUT2D eigenvalue weighted by atomic mass is 10.1. The predicted octanol–water partition coefficient (Wildman–Crippen LogP) is 3.77. The smallest absolute Gasteiger partial charge is 0.258 e. The molecule has 0 fully saturated rings. The number of nitrogens with zero attached hydrogens (tertiary/aromatic N) is 4. The summed E-state index contributed by atoms with van der Waals surface area (Å²) >= 11 is 0. The van der Waals surface area contributed by atoms with Gasteiger partial charge in [-0.25, -0.2) is 9.67 Å². The van der Waals surface area contributed by atoms with Crippen LogP contribution in [-0.4, -0.2) is 27.2 Å². The van der Waals surface area contributed by atoms with Crippen molar-refractivity contribution >= 4 is 11.6 Å². The van der Waals surface area contributed by atoms with Crippen LogP contribution in [0.3, 0.4) is 0 Å². The largest absolute Gasteiger partial charge is 0.308 e. The third-order valence-corrected chi connectivity index (χ3v) is 4.06. The van der Waals surface area contributed by atoms with Gasteiger partial charge in [0.25, 0.3) is 5.91 Å². The summed E-state index contributed by atoms with van der Waals surface area (Å²) in [6.45, 7) is 3.50. The van der Waals surface area contributed by atoms with E-state index in [1.165, 1.54) is 6.33 Å². The molecule has 128 valence electrons. The van der Waals surface area contributed by atoms with Gasteiger partial charge in [-0.15, -0.1) is 0 Å². The molecule has 25 heavy (non-hydrogen) atoms. The number of benzene rings is 2. The third-order valence-electron chi connectivity index (χ3n) is 4.06. The predicted molar refractivity (Wildman–Crippen MR) is 98.6 cm³/mol. The van der Waals surface area contributed by atoms with Crippen LogP contribution >= 0.6 is 0 Å². The summed E-state index contributed by atoms with van der Waals surface area (Å²) in [6.07, 6.45) is 5.22. The number of amides is 1. The van der Waals surface area contributed by atoms with Gasteiger partial charge in [0.2, 0.25) is 0 Å². The molecule has 2 aromatic carbocycles. The molecular weight excluding hydrogens is 312 g/mol. The highest BCUT2D eigenvalue weighted by atomic mass is 16.2. The summed E-state index contributed by atoms with van der Waals surface area (Å²) in [6, 6.07) is 17.6. The Morgan fingerprint density at radius 1 is 1.08 bits per heavy atom. The van der Waals surface area contributed by atoms with Gasteiger partial charge in [0, 0.05) is 17.8 Å². The Labute approximate surface area is 147 Å². The Morgan fingerprint density at radius 2 is 1.84 bits per heavy atom. The zero-order chi connectivity index (χ0) is 17.5. The van der Waals surface area contributed by atoms with E-state index in [0.717, 1.165) is 30.6 Å². The molecule has 0 bridgehead atoms. The van der Waals surface area contributed by atoms with E-state index in [-0.39, 0.29) is 5.91 Å². The highest BCUT2D eigenvalue weighted by molar-refractivity contribution is 6.06. The summed E-state index contributed by atoms with van der Waals surface area (Å²) < 4.78 is 1.76. The maximum Gasteiger partial charge on any atom is 0.258 e. The Hall–Kier alpha value is -2.95. The summed E-state index contributed by atoms with van der Waals surface area (Å²) in [5.41, 5.74) is 2.72. The molecule has 0 saturated carbocycles. The zero-order valence-electron chi connectivity index (χ0n) is 14.4. The minimum atomic E-state index is 0.0342. The lowest BCUT2D eigenvalue weighted by molar-refractivity contribution is 0.0986. The Kier molecular flexibility index (Phi) is 5.57. The topological polar surface area (TPSA) is 51.0 Å². The fourth-order valence-corrected chi connectivity index (χ4v) is 2.68. The number of carbonyl (C=O) groups excluding carboxylic acids is 1. The summed E-state index contributed by atoms with van der Waals surface area (Å²) in [7, 11) is 0. The Bertz CT molecular complexity index is 782. The fraction of sp³-hybridized carbons (Fsp3) is 0.250. The van der Waals surface area contributed by atoms with Crippen LogP contribution in [-0.2, 0) is 6.54 Å². The molecular formula is C20H22N4O. The van der Waals surface area contributed by atoms with Crippen molar-refractivity contribution < 1.29 is 4.79 Å². The molecule has 1 aromatic heterocycles. The van der Waals surface area contributed by atoms with E-state index in [2.05, 4.69) is 17.0 Å². The first-order valence-electron chi connectivity index (χ1n) is 8.56. The van der Waals surface area contributed by atoms with Crippen LogP contribution in [0.2, 0.25) is 0 Å². The number of carbonyl (C=O) groups is 1. The number of rotatable bonds is 7. The molecule has 0 atom stereocenters. The van der Waals surface area contributed by atoms with Crippen molar-refractivity contribution in [3.05, 3.63) is 78.4 Å². The highest BCUT2D eigenvalue weighted by Crippen LogP contribution is 2.18. The second kappa shape index (κ2) is 8.24. The number of anilines is 1. The average Bonchev–Trinajstić information content (AvgIpc) is 3.16. The first-order chi connectivity index (χ1) is 12.3. The molecule has 0 N–H and O–H groups in total. The minimum absolute atomic E-state index is 0.0342. The molecule has 5 nitrogen and oxygen atoms in total. The van der Waals surface area contributed by atoms with Gasteiger partial charge >= 0.3 is 0 Å². The maximum absolute atomic E-state index is 13.0. The van der Waals surface area contributed by atoms with E-state index < -0.39 is 0 Å². The molecule has 3 rings (SSSR count). The maximum atomic E-state index is 13.0. The molecule has 0 aliphatic heterocycles. The molecule has 0 radical (unpaired) electrons. The van der Waals surface area contributed by atoms with Crippen LogP contribution in [0.15, 0.2) is 67.3 Å². The molecule has 5 heteroatoms. The molecule has 3 aromatic rings. The number of hydrogen-bond donors (Lipinski definition) is 0. The van der Waals surface area contributed by atoms with Crippen LogP contribution in [0, 0.1) is 0 Å². The van der Waals surface area contributed by atoms with Crippen LogP contribution < -0.4 is 4.90 Å². The van der Waals surface area contributed by atoms with Crippen molar-refractivity contribution in [1.29, 1.82) is 0 Å². The number of aromatic nitrogens is 3. The monoisotopic (exact) mass is 334 g/mol. The highest BCUT2D eigenvalue weighted by Gasteiger charge is 2.17. The lowest BCUT2D eigenvalue weighted by Crippen LogP contribution is -2.31. The van der Waals surface area contributed by atoms with E-state index in [4.69, 9.17) is 0 Å². The van der Waals surface area contributed by atoms with Gasteiger partial charge in [0.05, 0.1) is 6.54 Å². The Balaban J connectivity index is 1.77. The van der Waals surface area contributed by atoms with Gasteiger partial charge in [0.1, 0.15) is 12.7 Å². The van der Waals surface area contributed by atoms with Gasteiger partial charge in [-0.3, -0.25) is 4.79 Å². The standard InChI is InChI=1S/C20H22N4O/c1-2-3-13-24(19-7-5-4-6-8-19)20(25)18-11-9-17(10-12-18)14-23-16-21-15-22-23/h4-12,15-16H,2-3,13-14H2,1H3. The number of hydrogen-bond acceptors (Lipinski definition) is 3. The minimum Gasteiger partial charge on any atom is -0.308 e. The second-order valence-corrected chi connectivity index (χ2v) is 5.94. The van der Waals surface area contributed by atoms with Crippen LogP contribution in [0.1, 0.15) is 35.7 Å². The zero-order valence-corrected chi connectivity index (χ0v) is 14.4. The molecule has 0 unspecified atom stereocenters. The SMILES string of the molecule is CCCCN(C(=O)c1ccc(Cn2cncn2)cc1)c1ccccc1. The quantitative estimate of drug-likeness (QED) is 0.661. The number of para-hydroxylation sites is 1. The average molecular weight is 334 g/mol. The van der Waals surface area contributed by atoms with E-state index in [0.29, 0.717) is 12.1 Å². The fourth-order valence-electron chi connectivity index (χ4n) is 2.68. The van der Waals surface area contributed by atoms with Gasteiger partial charge in [-0.05, 0) is 36.2 Å². The summed E-state index contributed by atoms with van der Waals surface area (Å²) in [5, 5.41) is 4.10. The van der Waals surface area contributed by atoms with E-state index in [9.17, 15) is 4.79 Å². The Morgan fingerprint density at radius 3 is 2.48 bits per heavy atom.